The molecule has 2 rings (SSSR count). The molecule has 1 aromatic rings. The van der Waals surface area contributed by atoms with Crippen molar-refractivity contribution in [2.75, 3.05) is 18.0 Å². The zero-order valence-electron chi connectivity index (χ0n) is 9.53. The lowest BCUT2D eigenvalue weighted by molar-refractivity contribution is 0.100. The Balaban J connectivity index is 2.37. The Labute approximate surface area is 106 Å². The van der Waals surface area contributed by atoms with Crippen LogP contribution in [0.1, 0.15) is 23.2 Å². The number of anilines is 1. The smallest absolute Gasteiger partial charge is 0.252 e. The van der Waals surface area contributed by atoms with Gasteiger partial charge in [-0.05, 0) is 25.0 Å². The Morgan fingerprint density at radius 3 is 2.88 bits per heavy atom. The highest BCUT2D eigenvalue weighted by Gasteiger charge is 2.22. The number of nitrogens with two attached hydrogens (primary N) is 2. The van der Waals surface area contributed by atoms with E-state index in [0.29, 0.717) is 10.6 Å². The summed E-state index contributed by atoms with van der Waals surface area (Å²) in [5.41, 5.74) is 12.5. The van der Waals surface area contributed by atoms with Crippen LogP contribution in [0.15, 0.2) is 18.2 Å². The van der Waals surface area contributed by atoms with Crippen LogP contribution in [0.4, 0.5) is 5.69 Å². The molecule has 1 amide bonds. The van der Waals surface area contributed by atoms with Gasteiger partial charge in [0.1, 0.15) is 0 Å². The number of hydrogen-bond acceptors (Lipinski definition) is 3. The molecule has 1 heterocycles. The standard InChI is InChI=1S/C12H16ClN3O/c13-9-4-1-5-10(11(9)12(15)17)16-6-2-3-8(14)7-16/h1,4-5,8H,2-3,6-7,14H2,(H2,15,17)/t8-/m1/s1. The average Bonchev–Trinajstić information content (AvgIpc) is 2.28. The molecule has 1 aromatic carbocycles. The highest BCUT2D eigenvalue weighted by atomic mass is 35.5. The lowest BCUT2D eigenvalue weighted by Gasteiger charge is -2.33. The van der Waals surface area contributed by atoms with Crippen molar-refractivity contribution in [1.29, 1.82) is 0 Å². The van der Waals surface area contributed by atoms with E-state index in [0.717, 1.165) is 31.6 Å². The van der Waals surface area contributed by atoms with Crippen LogP contribution >= 0.6 is 11.6 Å². The molecule has 4 nitrogen and oxygen atoms in total. The van der Waals surface area contributed by atoms with Crippen LogP contribution in [-0.4, -0.2) is 25.0 Å². The molecule has 0 saturated carbocycles. The van der Waals surface area contributed by atoms with Gasteiger partial charge in [0.2, 0.25) is 0 Å². The fourth-order valence-electron chi connectivity index (χ4n) is 2.25. The quantitative estimate of drug-likeness (QED) is 0.836. The van der Waals surface area contributed by atoms with Gasteiger partial charge in [0.15, 0.2) is 0 Å². The fraction of sp³-hybridized carbons (Fsp3) is 0.417. The van der Waals surface area contributed by atoms with Crippen molar-refractivity contribution in [3.63, 3.8) is 0 Å². The molecule has 4 N–H and O–H groups in total. The van der Waals surface area contributed by atoms with E-state index in [4.69, 9.17) is 23.1 Å². The molecular formula is C12H16ClN3O. The Morgan fingerprint density at radius 1 is 1.47 bits per heavy atom. The summed E-state index contributed by atoms with van der Waals surface area (Å²) in [6.45, 7) is 1.62. The summed E-state index contributed by atoms with van der Waals surface area (Å²) in [6.07, 6.45) is 2.04. The second kappa shape index (κ2) is 4.94. The number of benzene rings is 1. The summed E-state index contributed by atoms with van der Waals surface area (Å²) in [4.78, 5) is 13.5. The summed E-state index contributed by atoms with van der Waals surface area (Å²) >= 11 is 6.02. The predicted molar refractivity (Wildman–Crippen MR) is 69.4 cm³/mol. The second-order valence-electron chi connectivity index (χ2n) is 4.35. The Hall–Kier alpha value is -1.26. The summed E-state index contributed by atoms with van der Waals surface area (Å²) < 4.78 is 0. The van der Waals surface area contributed by atoms with Crippen molar-refractivity contribution in [1.82, 2.24) is 0 Å². The van der Waals surface area contributed by atoms with Crippen molar-refractivity contribution in [3.8, 4) is 0 Å². The minimum Gasteiger partial charge on any atom is -0.369 e. The van der Waals surface area contributed by atoms with Gasteiger partial charge in [-0.2, -0.15) is 0 Å². The normalized spacial score (nSPS) is 20.4. The zero-order valence-corrected chi connectivity index (χ0v) is 10.3. The molecule has 1 atom stereocenters. The minimum atomic E-state index is -0.496. The van der Waals surface area contributed by atoms with E-state index in [9.17, 15) is 4.79 Å². The van der Waals surface area contributed by atoms with Crippen molar-refractivity contribution >= 4 is 23.2 Å². The lowest BCUT2D eigenvalue weighted by Crippen LogP contribution is -2.43. The molecule has 5 heteroatoms. The van der Waals surface area contributed by atoms with Gasteiger partial charge in [-0.25, -0.2) is 0 Å². The third kappa shape index (κ3) is 2.53. The molecule has 0 radical (unpaired) electrons. The average molecular weight is 254 g/mol. The Bertz CT molecular complexity index is 436. The number of carbonyl (C=O) groups excluding carboxylic acids is 1. The highest BCUT2D eigenvalue weighted by molar-refractivity contribution is 6.34. The van der Waals surface area contributed by atoms with Gasteiger partial charge in [0.25, 0.3) is 5.91 Å². The molecule has 0 aromatic heterocycles. The number of amides is 1. The number of rotatable bonds is 2. The molecule has 0 aliphatic carbocycles. The van der Waals surface area contributed by atoms with E-state index in [1.165, 1.54) is 0 Å². The molecule has 1 aliphatic heterocycles. The van der Waals surface area contributed by atoms with Crippen molar-refractivity contribution in [3.05, 3.63) is 28.8 Å². The SMILES string of the molecule is NC(=O)c1c(Cl)cccc1N1CCC[C@@H](N)C1. The summed E-state index contributed by atoms with van der Waals surface area (Å²) in [7, 11) is 0. The first kappa shape index (κ1) is 12.2. The summed E-state index contributed by atoms with van der Waals surface area (Å²) in [5.74, 6) is -0.496. The van der Waals surface area contributed by atoms with Gasteiger partial charge in [-0.3, -0.25) is 4.79 Å². The first-order chi connectivity index (χ1) is 8.09. The topological polar surface area (TPSA) is 72.4 Å². The maximum absolute atomic E-state index is 11.4. The van der Waals surface area contributed by atoms with Crippen LogP contribution in [0.5, 0.6) is 0 Å². The zero-order chi connectivity index (χ0) is 12.4. The third-order valence-electron chi connectivity index (χ3n) is 3.04. The van der Waals surface area contributed by atoms with Crippen LogP contribution in [0.25, 0.3) is 0 Å². The fourth-order valence-corrected chi connectivity index (χ4v) is 2.51. The lowest BCUT2D eigenvalue weighted by atomic mass is 10.0. The summed E-state index contributed by atoms with van der Waals surface area (Å²) in [6, 6.07) is 5.51. The number of hydrogen-bond donors (Lipinski definition) is 2. The van der Waals surface area contributed by atoms with Crippen LogP contribution in [-0.2, 0) is 0 Å². The number of primary amides is 1. The molecule has 92 valence electrons. The van der Waals surface area contributed by atoms with Gasteiger partial charge in [-0.15, -0.1) is 0 Å². The molecular weight excluding hydrogens is 238 g/mol. The molecule has 0 bridgehead atoms. The predicted octanol–water partition coefficient (Wildman–Crippen LogP) is 1.37. The van der Waals surface area contributed by atoms with Crippen molar-refractivity contribution in [2.45, 2.75) is 18.9 Å². The van der Waals surface area contributed by atoms with Gasteiger partial charge >= 0.3 is 0 Å². The number of nitrogens with zero attached hydrogens (tertiary/aromatic N) is 1. The highest BCUT2D eigenvalue weighted by Crippen LogP contribution is 2.28. The van der Waals surface area contributed by atoms with Crippen LogP contribution in [0.3, 0.4) is 0 Å². The molecule has 1 fully saturated rings. The molecule has 0 unspecified atom stereocenters. The van der Waals surface area contributed by atoms with Crippen LogP contribution in [0, 0.1) is 0 Å². The van der Waals surface area contributed by atoms with Gasteiger partial charge in [-0.1, -0.05) is 17.7 Å². The number of piperidine rings is 1. The minimum absolute atomic E-state index is 0.142. The van der Waals surface area contributed by atoms with Gasteiger partial charge in [0, 0.05) is 19.1 Å². The first-order valence-corrected chi connectivity index (χ1v) is 6.06. The maximum Gasteiger partial charge on any atom is 0.252 e. The van der Waals surface area contributed by atoms with Crippen molar-refractivity contribution < 1.29 is 4.79 Å². The molecule has 1 saturated heterocycles. The van der Waals surface area contributed by atoms with Crippen LogP contribution in [0.2, 0.25) is 5.02 Å². The molecule has 0 spiro atoms. The third-order valence-corrected chi connectivity index (χ3v) is 3.35. The van der Waals surface area contributed by atoms with Gasteiger partial charge < -0.3 is 16.4 Å². The van der Waals surface area contributed by atoms with E-state index in [1.54, 1.807) is 6.07 Å². The number of carbonyl (C=O) groups is 1. The van der Waals surface area contributed by atoms with E-state index in [1.807, 2.05) is 12.1 Å². The monoisotopic (exact) mass is 253 g/mol. The van der Waals surface area contributed by atoms with E-state index >= 15 is 0 Å². The largest absolute Gasteiger partial charge is 0.369 e. The number of halogens is 1. The molecule has 1 aliphatic rings. The van der Waals surface area contributed by atoms with Crippen LogP contribution < -0.4 is 16.4 Å². The van der Waals surface area contributed by atoms with Gasteiger partial charge in [0.05, 0.1) is 16.3 Å². The summed E-state index contributed by atoms with van der Waals surface area (Å²) in [5, 5.41) is 0.397. The van der Waals surface area contributed by atoms with E-state index in [2.05, 4.69) is 4.90 Å². The van der Waals surface area contributed by atoms with Crippen molar-refractivity contribution in [2.24, 2.45) is 11.5 Å². The Kier molecular flexibility index (Phi) is 3.54. The van der Waals surface area contributed by atoms with E-state index in [-0.39, 0.29) is 6.04 Å². The van der Waals surface area contributed by atoms with E-state index < -0.39 is 5.91 Å². The maximum atomic E-state index is 11.4. The molecule has 17 heavy (non-hydrogen) atoms. The first-order valence-electron chi connectivity index (χ1n) is 5.68. The Morgan fingerprint density at radius 2 is 2.24 bits per heavy atom. The second-order valence-corrected chi connectivity index (χ2v) is 4.75.